The molecule has 2 N–H and O–H groups in total. The normalized spacial score (nSPS) is 11.9. The first kappa shape index (κ1) is 10.4. The SMILES string of the molecule is NS(=O)(=O)c1cc(Cl)c2ccccc2c1. The second-order valence-corrected chi connectivity index (χ2v) is 5.14. The minimum absolute atomic E-state index is 0.0335. The van der Waals surface area contributed by atoms with Gasteiger partial charge in [-0.05, 0) is 17.5 Å². The smallest absolute Gasteiger partial charge is 0.225 e. The fourth-order valence-electron chi connectivity index (χ4n) is 1.40. The summed E-state index contributed by atoms with van der Waals surface area (Å²) in [5.41, 5.74) is 0. The number of nitrogens with two attached hydrogens (primary N) is 1. The van der Waals surface area contributed by atoms with Crippen molar-refractivity contribution in [1.29, 1.82) is 0 Å². The minimum Gasteiger partial charge on any atom is -0.225 e. The van der Waals surface area contributed by atoms with Gasteiger partial charge in [-0.2, -0.15) is 0 Å². The lowest BCUT2D eigenvalue weighted by atomic mass is 10.1. The van der Waals surface area contributed by atoms with Crippen molar-refractivity contribution in [1.82, 2.24) is 0 Å². The highest BCUT2D eigenvalue weighted by Crippen LogP contribution is 2.26. The van der Waals surface area contributed by atoms with Gasteiger partial charge in [0.2, 0.25) is 10.0 Å². The van der Waals surface area contributed by atoms with Crippen molar-refractivity contribution in [3.8, 4) is 0 Å². The Bertz CT molecular complexity index is 622. The zero-order valence-electron chi connectivity index (χ0n) is 7.64. The number of primary sulfonamides is 1. The largest absolute Gasteiger partial charge is 0.238 e. The lowest BCUT2D eigenvalue weighted by Gasteiger charge is -2.03. The Labute approximate surface area is 92.5 Å². The number of fused-ring (bicyclic) bond motifs is 1. The summed E-state index contributed by atoms with van der Waals surface area (Å²) in [6.07, 6.45) is 0. The Hall–Kier alpha value is -1.10. The number of halogens is 1. The third-order valence-corrected chi connectivity index (χ3v) is 3.32. The summed E-state index contributed by atoms with van der Waals surface area (Å²) in [5, 5.41) is 6.99. The summed E-state index contributed by atoms with van der Waals surface area (Å²) < 4.78 is 22.3. The molecule has 15 heavy (non-hydrogen) atoms. The van der Waals surface area contributed by atoms with Crippen LogP contribution in [0.15, 0.2) is 41.3 Å². The lowest BCUT2D eigenvalue weighted by molar-refractivity contribution is 0.598. The van der Waals surface area contributed by atoms with Crippen LogP contribution in [-0.2, 0) is 10.0 Å². The van der Waals surface area contributed by atoms with Crippen molar-refractivity contribution in [3.05, 3.63) is 41.4 Å². The number of rotatable bonds is 1. The molecule has 0 amide bonds. The highest BCUT2D eigenvalue weighted by atomic mass is 35.5. The van der Waals surface area contributed by atoms with Crippen molar-refractivity contribution in [2.75, 3.05) is 0 Å². The molecule has 0 spiro atoms. The number of sulfonamides is 1. The summed E-state index contributed by atoms with van der Waals surface area (Å²) in [5.74, 6) is 0. The molecule has 3 nitrogen and oxygen atoms in total. The molecule has 0 aliphatic carbocycles. The van der Waals surface area contributed by atoms with Crippen LogP contribution in [0.5, 0.6) is 0 Å². The predicted molar refractivity (Wildman–Crippen MR) is 60.3 cm³/mol. The third-order valence-electron chi connectivity index (χ3n) is 2.11. The monoisotopic (exact) mass is 241 g/mol. The van der Waals surface area contributed by atoms with Crippen LogP contribution in [0.4, 0.5) is 0 Å². The molecule has 0 saturated carbocycles. The Morgan fingerprint density at radius 2 is 1.80 bits per heavy atom. The molecule has 0 unspecified atom stereocenters. The van der Waals surface area contributed by atoms with Crippen LogP contribution in [0.1, 0.15) is 0 Å². The van der Waals surface area contributed by atoms with E-state index in [9.17, 15) is 8.42 Å². The standard InChI is InChI=1S/C10H8ClNO2S/c11-10-6-8(15(12,13)14)5-7-3-1-2-4-9(7)10/h1-6H,(H2,12,13,14). The summed E-state index contributed by atoms with van der Waals surface area (Å²) >= 11 is 5.95. The van der Waals surface area contributed by atoms with Crippen molar-refractivity contribution in [2.24, 2.45) is 5.14 Å². The zero-order valence-corrected chi connectivity index (χ0v) is 9.22. The second kappa shape index (κ2) is 3.48. The van der Waals surface area contributed by atoms with Gasteiger partial charge in [0.25, 0.3) is 0 Å². The molecule has 0 fully saturated rings. The molecule has 0 radical (unpaired) electrons. The van der Waals surface area contributed by atoms with Gasteiger partial charge >= 0.3 is 0 Å². The van der Waals surface area contributed by atoms with E-state index >= 15 is 0 Å². The van der Waals surface area contributed by atoms with Crippen molar-refractivity contribution in [2.45, 2.75) is 4.90 Å². The van der Waals surface area contributed by atoms with Gasteiger partial charge in [0.05, 0.1) is 4.90 Å². The van der Waals surface area contributed by atoms with Gasteiger partial charge in [0, 0.05) is 10.4 Å². The Morgan fingerprint density at radius 3 is 2.47 bits per heavy atom. The van der Waals surface area contributed by atoms with Gasteiger partial charge in [-0.15, -0.1) is 0 Å². The lowest BCUT2D eigenvalue weighted by Crippen LogP contribution is -2.11. The molecule has 0 saturated heterocycles. The zero-order chi connectivity index (χ0) is 11.1. The average molecular weight is 242 g/mol. The fraction of sp³-hybridized carbons (Fsp3) is 0. The van der Waals surface area contributed by atoms with Gasteiger partial charge in [0.15, 0.2) is 0 Å². The first-order valence-corrected chi connectivity index (χ1v) is 6.12. The van der Waals surface area contributed by atoms with Gasteiger partial charge in [-0.25, -0.2) is 13.6 Å². The molecular weight excluding hydrogens is 234 g/mol. The van der Waals surface area contributed by atoms with E-state index in [4.69, 9.17) is 16.7 Å². The molecule has 0 aromatic heterocycles. The molecule has 0 atom stereocenters. The van der Waals surface area contributed by atoms with E-state index in [1.165, 1.54) is 12.1 Å². The molecule has 2 rings (SSSR count). The summed E-state index contributed by atoms with van der Waals surface area (Å²) in [6, 6.07) is 10.1. The quantitative estimate of drug-likeness (QED) is 0.832. The molecular formula is C10H8ClNO2S. The van der Waals surface area contributed by atoms with Crippen molar-refractivity contribution < 1.29 is 8.42 Å². The molecule has 0 aliphatic heterocycles. The first-order valence-electron chi connectivity index (χ1n) is 4.19. The van der Waals surface area contributed by atoms with Crippen LogP contribution in [0.2, 0.25) is 5.02 Å². The third kappa shape index (κ3) is 1.97. The van der Waals surface area contributed by atoms with Crippen LogP contribution < -0.4 is 5.14 Å². The number of benzene rings is 2. The van der Waals surface area contributed by atoms with Gasteiger partial charge in [-0.3, -0.25) is 0 Å². The van der Waals surface area contributed by atoms with E-state index in [-0.39, 0.29) is 4.90 Å². The van der Waals surface area contributed by atoms with Crippen LogP contribution in [0.3, 0.4) is 0 Å². The van der Waals surface area contributed by atoms with Crippen LogP contribution >= 0.6 is 11.6 Å². The molecule has 0 bridgehead atoms. The second-order valence-electron chi connectivity index (χ2n) is 3.17. The first-order chi connectivity index (χ1) is 6.98. The summed E-state index contributed by atoms with van der Waals surface area (Å²) in [7, 11) is -3.70. The maximum Gasteiger partial charge on any atom is 0.238 e. The minimum atomic E-state index is -3.70. The predicted octanol–water partition coefficient (Wildman–Crippen LogP) is 2.14. The van der Waals surface area contributed by atoms with Crippen LogP contribution in [0, 0.1) is 0 Å². The molecule has 78 valence electrons. The Balaban J connectivity index is 2.85. The maximum atomic E-state index is 11.1. The van der Waals surface area contributed by atoms with Gasteiger partial charge in [0.1, 0.15) is 0 Å². The number of hydrogen-bond acceptors (Lipinski definition) is 2. The Morgan fingerprint density at radius 1 is 1.13 bits per heavy atom. The van der Waals surface area contributed by atoms with Gasteiger partial charge < -0.3 is 0 Å². The molecule has 2 aromatic carbocycles. The molecule has 0 aliphatic rings. The highest BCUT2D eigenvalue weighted by molar-refractivity contribution is 7.89. The fourth-order valence-corrected chi connectivity index (χ4v) is 2.33. The van der Waals surface area contributed by atoms with E-state index in [0.717, 1.165) is 10.8 Å². The molecule has 5 heteroatoms. The average Bonchev–Trinajstić information content (AvgIpc) is 2.16. The molecule has 2 aromatic rings. The van der Waals surface area contributed by atoms with Crippen molar-refractivity contribution >= 4 is 32.4 Å². The van der Waals surface area contributed by atoms with E-state index in [2.05, 4.69) is 0 Å². The van der Waals surface area contributed by atoms with E-state index in [0.29, 0.717) is 5.02 Å². The Kier molecular flexibility index (Phi) is 2.42. The maximum absolute atomic E-state index is 11.1. The van der Waals surface area contributed by atoms with Crippen molar-refractivity contribution in [3.63, 3.8) is 0 Å². The van der Waals surface area contributed by atoms with E-state index < -0.39 is 10.0 Å². The van der Waals surface area contributed by atoms with Gasteiger partial charge in [-0.1, -0.05) is 35.9 Å². The topological polar surface area (TPSA) is 60.2 Å². The summed E-state index contributed by atoms with van der Waals surface area (Å²) in [6.45, 7) is 0. The van der Waals surface area contributed by atoms with E-state index in [1.807, 2.05) is 18.2 Å². The van der Waals surface area contributed by atoms with Crippen LogP contribution in [0.25, 0.3) is 10.8 Å². The van der Waals surface area contributed by atoms with E-state index in [1.54, 1.807) is 6.07 Å². The highest BCUT2D eigenvalue weighted by Gasteiger charge is 2.10. The molecule has 0 heterocycles. The number of hydrogen-bond donors (Lipinski definition) is 1. The van der Waals surface area contributed by atoms with Crippen LogP contribution in [-0.4, -0.2) is 8.42 Å². The summed E-state index contributed by atoms with van der Waals surface area (Å²) in [4.78, 5) is 0.0335.